The average Bonchev–Trinajstić information content (AvgIpc) is 3.41. The Hall–Kier alpha value is -2.78. The molecule has 0 radical (unpaired) electrons. The van der Waals surface area contributed by atoms with Gasteiger partial charge in [0.25, 0.3) is 0 Å². The summed E-state index contributed by atoms with van der Waals surface area (Å²) in [7, 11) is 0. The molecule has 0 spiro atoms. The fraction of sp³-hybridized carbons (Fsp3) is 0.520. The average molecular weight is 487 g/mol. The molecule has 34 heavy (non-hydrogen) atoms. The first-order valence-electron chi connectivity index (χ1n) is 11.6. The molecule has 0 saturated carbocycles. The number of aliphatic hydroxyl groups is 1. The summed E-state index contributed by atoms with van der Waals surface area (Å²) >= 11 is 1.59. The fourth-order valence-corrected chi connectivity index (χ4v) is 4.94. The number of aryl methyl sites for hydroxylation is 1. The van der Waals surface area contributed by atoms with Crippen LogP contribution >= 0.6 is 11.3 Å². The van der Waals surface area contributed by atoms with Gasteiger partial charge in [0.2, 0.25) is 17.7 Å². The lowest BCUT2D eigenvalue weighted by molar-refractivity contribution is -0.144. The highest BCUT2D eigenvalue weighted by atomic mass is 32.1. The van der Waals surface area contributed by atoms with E-state index in [0.717, 1.165) is 21.7 Å². The van der Waals surface area contributed by atoms with Crippen molar-refractivity contribution in [3.63, 3.8) is 0 Å². The van der Waals surface area contributed by atoms with Crippen molar-refractivity contribution in [2.24, 2.45) is 5.41 Å². The van der Waals surface area contributed by atoms with E-state index in [9.17, 15) is 19.5 Å². The van der Waals surface area contributed by atoms with Gasteiger partial charge >= 0.3 is 0 Å². The number of aromatic nitrogens is 1. The highest BCUT2D eigenvalue weighted by Crippen LogP contribution is 2.30. The predicted molar refractivity (Wildman–Crippen MR) is 132 cm³/mol. The van der Waals surface area contributed by atoms with Crippen molar-refractivity contribution in [2.45, 2.75) is 72.2 Å². The van der Waals surface area contributed by atoms with Crippen LogP contribution in [0.15, 0.2) is 29.8 Å². The normalized spacial score (nSPS) is 19.1. The third-order valence-corrected chi connectivity index (χ3v) is 7.56. The van der Waals surface area contributed by atoms with Gasteiger partial charge in [-0.3, -0.25) is 14.4 Å². The van der Waals surface area contributed by atoms with Gasteiger partial charge in [-0.15, -0.1) is 11.3 Å². The largest absolute Gasteiger partial charge is 0.391 e. The van der Waals surface area contributed by atoms with E-state index >= 15 is 0 Å². The van der Waals surface area contributed by atoms with Gasteiger partial charge in [0.1, 0.15) is 12.1 Å². The zero-order chi connectivity index (χ0) is 25.0. The molecular weight excluding hydrogens is 452 g/mol. The smallest absolute Gasteiger partial charge is 0.246 e. The van der Waals surface area contributed by atoms with Gasteiger partial charge in [-0.05, 0) is 29.9 Å². The van der Waals surface area contributed by atoms with E-state index in [-0.39, 0.29) is 30.7 Å². The maximum Gasteiger partial charge on any atom is 0.246 e. The highest BCUT2D eigenvalue weighted by molar-refractivity contribution is 7.13. The summed E-state index contributed by atoms with van der Waals surface area (Å²) in [4.78, 5) is 45.0. The number of amides is 3. The van der Waals surface area contributed by atoms with Crippen molar-refractivity contribution in [1.82, 2.24) is 20.5 Å². The zero-order valence-corrected chi connectivity index (χ0v) is 21.2. The van der Waals surface area contributed by atoms with Crippen LogP contribution in [0.4, 0.5) is 0 Å². The molecule has 3 rings (SSSR count). The Kier molecular flexibility index (Phi) is 8.09. The number of nitrogens with one attached hydrogen (secondary N) is 2. The Morgan fingerprint density at radius 3 is 2.50 bits per heavy atom. The first-order valence-corrected chi connectivity index (χ1v) is 12.4. The van der Waals surface area contributed by atoms with E-state index in [4.69, 9.17) is 0 Å². The van der Waals surface area contributed by atoms with Crippen molar-refractivity contribution in [3.05, 3.63) is 41.0 Å². The molecule has 2 heterocycles. The molecule has 9 heteroatoms. The van der Waals surface area contributed by atoms with E-state index in [0.29, 0.717) is 13.0 Å². The number of nitrogens with zero attached hydrogens (tertiary/aromatic N) is 2. The molecule has 0 aliphatic carbocycles. The van der Waals surface area contributed by atoms with Crippen LogP contribution in [0.5, 0.6) is 0 Å². The number of rotatable bonds is 8. The Balaban J connectivity index is 1.68. The first kappa shape index (κ1) is 25.8. The molecule has 3 N–H and O–H groups in total. The van der Waals surface area contributed by atoms with Gasteiger partial charge in [-0.2, -0.15) is 0 Å². The van der Waals surface area contributed by atoms with Crippen LogP contribution in [0.3, 0.4) is 0 Å². The van der Waals surface area contributed by atoms with Crippen LogP contribution in [-0.2, 0) is 20.9 Å². The van der Waals surface area contributed by atoms with Gasteiger partial charge in [0.15, 0.2) is 0 Å². The second-order valence-electron chi connectivity index (χ2n) is 9.55. The van der Waals surface area contributed by atoms with E-state index in [1.807, 2.05) is 57.5 Å². The van der Waals surface area contributed by atoms with Crippen LogP contribution in [0, 0.1) is 12.3 Å². The van der Waals surface area contributed by atoms with Gasteiger partial charge < -0.3 is 20.6 Å². The SMILES string of the molecule is CCC(C)(C)[C@H](NC(C)=O)C(=O)N1C[C@H](O)CC1C(=O)NCc1ccc(-c2scnc2C)cc1. The summed E-state index contributed by atoms with van der Waals surface area (Å²) in [6, 6.07) is 6.35. The second-order valence-corrected chi connectivity index (χ2v) is 10.4. The lowest BCUT2D eigenvalue weighted by atomic mass is 9.81. The number of benzene rings is 1. The summed E-state index contributed by atoms with van der Waals surface area (Å²) < 4.78 is 0. The number of likely N-dealkylation sites (tertiary alicyclic amines) is 1. The van der Waals surface area contributed by atoms with E-state index < -0.39 is 23.6 Å². The number of hydrogen-bond acceptors (Lipinski definition) is 6. The number of carbonyl (C=O) groups excluding carboxylic acids is 3. The van der Waals surface area contributed by atoms with E-state index in [1.54, 1.807) is 11.3 Å². The zero-order valence-electron chi connectivity index (χ0n) is 20.4. The van der Waals surface area contributed by atoms with Gasteiger partial charge in [-0.25, -0.2) is 4.98 Å². The Morgan fingerprint density at radius 2 is 1.94 bits per heavy atom. The van der Waals surface area contributed by atoms with Crippen LogP contribution in [0.2, 0.25) is 0 Å². The molecule has 1 saturated heterocycles. The summed E-state index contributed by atoms with van der Waals surface area (Å²) in [5.74, 6) is -0.969. The Bertz CT molecular complexity index is 1030. The molecule has 3 atom stereocenters. The molecule has 0 bridgehead atoms. The van der Waals surface area contributed by atoms with Crippen LogP contribution in [-0.4, -0.2) is 57.4 Å². The quantitative estimate of drug-likeness (QED) is 0.531. The molecule has 1 fully saturated rings. The summed E-state index contributed by atoms with van der Waals surface area (Å²) in [6.07, 6.45) is 0.0402. The Morgan fingerprint density at radius 1 is 1.26 bits per heavy atom. The number of β-amino-alcohol motifs (C(OH)–C–C–N with tert-alkyl or cyclic N) is 1. The van der Waals surface area contributed by atoms with Crippen LogP contribution in [0.25, 0.3) is 10.4 Å². The standard InChI is InChI=1S/C25H34N4O4S/c1-6-25(4,5)22(28-16(3)30)24(33)29-13-19(31)11-20(29)23(32)26-12-17-7-9-18(10-8-17)21-15(2)27-14-34-21/h7-10,14,19-20,22,31H,6,11-13H2,1-5H3,(H,26,32)(H,28,30)/t19-,20?,22-/m1/s1. The lowest BCUT2D eigenvalue weighted by Crippen LogP contribution is -2.58. The maximum absolute atomic E-state index is 13.4. The monoisotopic (exact) mass is 486 g/mol. The topological polar surface area (TPSA) is 112 Å². The molecule has 1 aromatic carbocycles. The van der Waals surface area contributed by atoms with E-state index in [1.165, 1.54) is 11.8 Å². The van der Waals surface area contributed by atoms with Gasteiger partial charge in [0, 0.05) is 26.4 Å². The number of hydrogen-bond donors (Lipinski definition) is 3. The molecule has 3 amide bonds. The molecule has 1 aromatic heterocycles. The maximum atomic E-state index is 13.4. The minimum Gasteiger partial charge on any atom is -0.391 e. The molecule has 2 aromatic rings. The molecular formula is C25H34N4O4S. The summed E-state index contributed by atoms with van der Waals surface area (Å²) in [6.45, 7) is 9.49. The number of carbonyl (C=O) groups is 3. The van der Waals surface area contributed by atoms with Crippen molar-refractivity contribution < 1.29 is 19.5 Å². The molecule has 1 aliphatic heterocycles. The third-order valence-electron chi connectivity index (χ3n) is 6.58. The molecule has 8 nitrogen and oxygen atoms in total. The van der Waals surface area contributed by atoms with Crippen LogP contribution in [0.1, 0.15) is 51.8 Å². The number of aliphatic hydroxyl groups excluding tert-OH is 1. The molecule has 1 aliphatic rings. The van der Waals surface area contributed by atoms with Gasteiger partial charge in [-0.1, -0.05) is 45.0 Å². The molecule has 184 valence electrons. The highest BCUT2D eigenvalue weighted by Gasteiger charge is 2.44. The van der Waals surface area contributed by atoms with Crippen molar-refractivity contribution in [3.8, 4) is 10.4 Å². The fourth-order valence-electron chi connectivity index (χ4n) is 4.13. The first-order chi connectivity index (χ1) is 16.0. The predicted octanol–water partition coefficient (Wildman–Crippen LogP) is 2.64. The lowest BCUT2D eigenvalue weighted by Gasteiger charge is -2.36. The van der Waals surface area contributed by atoms with Gasteiger partial charge in [0.05, 0.1) is 22.2 Å². The van der Waals surface area contributed by atoms with Crippen LogP contribution < -0.4 is 10.6 Å². The van der Waals surface area contributed by atoms with Crippen molar-refractivity contribution in [2.75, 3.05) is 6.54 Å². The minimum absolute atomic E-state index is 0.0652. The molecule has 1 unspecified atom stereocenters. The second kappa shape index (κ2) is 10.7. The summed E-state index contributed by atoms with van der Waals surface area (Å²) in [5, 5.41) is 15.9. The van der Waals surface area contributed by atoms with Crippen molar-refractivity contribution in [1.29, 1.82) is 0 Å². The summed E-state index contributed by atoms with van der Waals surface area (Å²) in [5.41, 5.74) is 4.31. The number of thiazole rings is 1. The van der Waals surface area contributed by atoms with E-state index in [2.05, 4.69) is 15.6 Å². The minimum atomic E-state index is -0.788. The Labute approximate surface area is 204 Å². The third kappa shape index (κ3) is 5.82. The van der Waals surface area contributed by atoms with Crippen molar-refractivity contribution >= 4 is 29.1 Å².